The number of rotatable bonds is 4. The Kier molecular flexibility index (Phi) is 4.94. The van der Waals surface area contributed by atoms with Crippen molar-refractivity contribution in [3.05, 3.63) is 50.2 Å². The number of hydrogen-bond acceptors (Lipinski definition) is 4. The number of benzene rings is 1. The molecule has 0 aliphatic carbocycles. The lowest BCUT2D eigenvalue weighted by atomic mass is 10.2. The number of nitrogen functional groups attached to an aromatic ring is 1. The Hall–Kier alpha value is -1.90. The van der Waals surface area contributed by atoms with Gasteiger partial charge in [-0.25, -0.2) is 4.98 Å². The third-order valence-corrected chi connectivity index (χ3v) is 3.74. The molecule has 0 saturated heterocycles. The highest BCUT2D eigenvalue weighted by Crippen LogP contribution is 2.16. The number of nitrogens with two attached hydrogens (primary N) is 1. The van der Waals surface area contributed by atoms with Crippen LogP contribution in [-0.4, -0.2) is 15.5 Å². The molecular formula is C14H15IN4O2. The SMILES string of the molecule is Cc1ncc(I)c(=O)n1CCC(=O)Nc1ccccc1N. The van der Waals surface area contributed by atoms with Crippen LogP contribution in [0.4, 0.5) is 11.4 Å². The van der Waals surface area contributed by atoms with E-state index in [0.29, 0.717) is 20.8 Å². The summed E-state index contributed by atoms with van der Waals surface area (Å²) in [5.41, 5.74) is 6.72. The summed E-state index contributed by atoms with van der Waals surface area (Å²) in [4.78, 5) is 28.0. The maximum atomic E-state index is 12.0. The van der Waals surface area contributed by atoms with E-state index < -0.39 is 0 Å². The quantitative estimate of drug-likeness (QED) is 0.607. The monoisotopic (exact) mass is 398 g/mol. The van der Waals surface area contributed by atoms with Crippen LogP contribution in [-0.2, 0) is 11.3 Å². The molecule has 6 nitrogen and oxygen atoms in total. The molecule has 1 amide bonds. The Morgan fingerprint density at radius 2 is 2.14 bits per heavy atom. The van der Waals surface area contributed by atoms with E-state index in [2.05, 4.69) is 10.3 Å². The second-order valence-corrected chi connectivity index (χ2v) is 5.66. The van der Waals surface area contributed by atoms with Gasteiger partial charge < -0.3 is 11.1 Å². The lowest BCUT2D eigenvalue weighted by Gasteiger charge is -2.10. The van der Waals surface area contributed by atoms with E-state index in [1.54, 1.807) is 31.2 Å². The number of aryl methyl sites for hydroxylation is 1. The molecule has 2 aromatic rings. The van der Waals surface area contributed by atoms with Crippen molar-refractivity contribution in [1.29, 1.82) is 0 Å². The minimum absolute atomic E-state index is 0.130. The standard InChI is InChI=1S/C14H15IN4O2/c1-9-17-8-10(15)14(21)19(9)7-6-13(20)18-12-5-3-2-4-11(12)16/h2-5,8H,6-7,16H2,1H3,(H,18,20). The Bertz CT molecular complexity index is 727. The molecular weight excluding hydrogens is 383 g/mol. The number of amides is 1. The topological polar surface area (TPSA) is 90.0 Å². The fraction of sp³-hybridized carbons (Fsp3) is 0.214. The highest BCUT2D eigenvalue weighted by molar-refractivity contribution is 14.1. The number of carbonyl (C=O) groups excluding carboxylic acids is 1. The number of halogens is 1. The maximum absolute atomic E-state index is 12.0. The van der Waals surface area contributed by atoms with Gasteiger partial charge in [0, 0.05) is 19.2 Å². The molecule has 1 heterocycles. The van der Waals surface area contributed by atoms with Crippen molar-refractivity contribution in [1.82, 2.24) is 9.55 Å². The fourth-order valence-electron chi connectivity index (χ4n) is 1.85. The van der Waals surface area contributed by atoms with Crippen LogP contribution in [0.2, 0.25) is 0 Å². The van der Waals surface area contributed by atoms with Crippen molar-refractivity contribution in [2.45, 2.75) is 19.9 Å². The lowest BCUT2D eigenvalue weighted by Crippen LogP contribution is -2.27. The van der Waals surface area contributed by atoms with E-state index >= 15 is 0 Å². The smallest absolute Gasteiger partial charge is 0.266 e. The van der Waals surface area contributed by atoms with Gasteiger partial charge in [-0.1, -0.05) is 12.1 Å². The first-order chi connectivity index (χ1) is 9.99. The molecule has 0 aliphatic rings. The predicted molar refractivity (Wildman–Crippen MR) is 90.1 cm³/mol. The normalized spacial score (nSPS) is 10.4. The molecule has 7 heteroatoms. The number of nitrogens with zero attached hydrogens (tertiary/aromatic N) is 2. The van der Waals surface area contributed by atoms with Gasteiger partial charge in [0.15, 0.2) is 0 Å². The van der Waals surface area contributed by atoms with E-state index in [1.807, 2.05) is 22.6 Å². The second-order valence-electron chi connectivity index (χ2n) is 4.50. The van der Waals surface area contributed by atoms with Gasteiger partial charge in [-0.15, -0.1) is 0 Å². The summed E-state index contributed by atoms with van der Waals surface area (Å²) in [6.07, 6.45) is 1.70. The number of carbonyl (C=O) groups is 1. The largest absolute Gasteiger partial charge is 0.397 e. The molecule has 0 spiro atoms. The predicted octanol–water partition coefficient (Wildman–Crippen LogP) is 1.77. The van der Waals surface area contributed by atoms with Crippen molar-refractivity contribution in [3.63, 3.8) is 0 Å². The van der Waals surface area contributed by atoms with Crippen molar-refractivity contribution >= 4 is 39.9 Å². The van der Waals surface area contributed by atoms with Crippen molar-refractivity contribution in [2.75, 3.05) is 11.1 Å². The number of nitrogens with one attached hydrogen (secondary N) is 1. The van der Waals surface area contributed by atoms with Crippen molar-refractivity contribution in [3.8, 4) is 0 Å². The molecule has 21 heavy (non-hydrogen) atoms. The van der Waals surface area contributed by atoms with E-state index in [0.717, 1.165) is 0 Å². The zero-order chi connectivity index (χ0) is 15.4. The number of para-hydroxylation sites is 2. The Labute approximate surface area is 135 Å². The first kappa shape index (κ1) is 15.5. The van der Waals surface area contributed by atoms with Gasteiger partial charge in [-0.2, -0.15) is 0 Å². The zero-order valence-electron chi connectivity index (χ0n) is 11.5. The summed E-state index contributed by atoms with van der Waals surface area (Å²) < 4.78 is 2.03. The Morgan fingerprint density at radius 3 is 2.86 bits per heavy atom. The average molecular weight is 398 g/mol. The third kappa shape index (κ3) is 3.81. The first-order valence-electron chi connectivity index (χ1n) is 6.35. The van der Waals surface area contributed by atoms with Crippen LogP contribution >= 0.6 is 22.6 Å². The molecule has 1 aromatic carbocycles. The van der Waals surface area contributed by atoms with Gasteiger partial charge in [0.05, 0.1) is 14.9 Å². The van der Waals surface area contributed by atoms with Crippen LogP contribution in [0.3, 0.4) is 0 Å². The molecule has 0 fully saturated rings. The van der Waals surface area contributed by atoms with Gasteiger partial charge in [0.1, 0.15) is 5.82 Å². The molecule has 0 aliphatic heterocycles. The summed E-state index contributed by atoms with van der Waals surface area (Å²) in [6, 6.07) is 7.04. The summed E-state index contributed by atoms with van der Waals surface area (Å²) >= 11 is 1.93. The minimum atomic E-state index is -0.196. The molecule has 0 radical (unpaired) electrons. The fourth-order valence-corrected chi connectivity index (χ4v) is 2.28. The van der Waals surface area contributed by atoms with Gasteiger partial charge in [-0.05, 0) is 41.6 Å². The highest BCUT2D eigenvalue weighted by Gasteiger charge is 2.09. The third-order valence-electron chi connectivity index (χ3n) is 3.00. The van der Waals surface area contributed by atoms with Gasteiger partial charge in [0.2, 0.25) is 5.91 Å². The van der Waals surface area contributed by atoms with E-state index in [1.165, 1.54) is 10.8 Å². The van der Waals surface area contributed by atoms with E-state index in [-0.39, 0.29) is 24.4 Å². The number of aromatic nitrogens is 2. The van der Waals surface area contributed by atoms with E-state index in [4.69, 9.17) is 5.73 Å². The van der Waals surface area contributed by atoms with Crippen LogP contribution < -0.4 is 16.6 Å². The Balaban J connectivity index is 2.04. The van der Waals surface area contributed by atoms with Crippen molar-refractivity contribution in [2.24, 2.45) is 0 Å². The summed E-state index contributed by atoms with van der Waals surface area (Å²) in [7, 11) is 0. The minimum Gasteiger partial charge on any atom is -0.397 e. The zero-order valence-corrected chi connectivity index (χ0v) is 13.6. The highest BCUT2D eigenvalue weighted by atomic mass is 127. The summed E-state index contributed by atoms with van der Waals surface area (Å²) in [5.74, 6) is 0.394. The Morgan fingerprint density at radius 1 is 1.43 bits per heavy atom. The van der Waals surface area contributed by atoms with Crippen molar-refractivity contribution < 1.29 is 4.79 Å². The second kappa shape index (κ2) is 6.70. The molecule has 2 rings (SSSR count). The van der Waals surface area contributed by atoms with Crippen LogP contribution in [0.15, 0.2) is 35.3 Å². The maximum Gasteiger partial charge on any atom is 0.266 e. The number of hydrogen-bond donors (Lipinski definition) is 2. The molecule has 1 aromatic heterocycles. The molecule has 0 bridgehead atoms. The lowest BCUT2D eigenvalue weighted by molar-refractivity contribution is -0.116. The average Bonchev–Trinajstić information content (AvgIpc) is 2.45. The van der Waals surface area contributed by atoms with E-state index in [9.17, 15) is 9.59 Å². The van der Waals surface area contributed by atoms with Gasteiger partial charge in [-0.3, -0.25) is 14.2 Å². The first-order valence-corrected chi connectivity index (χ1v) is 7.43. The molecule has 110 valence electrons. The molecule has 0 saturated carbocycles. The molecule has 0 atom stereocenters. The van der Waals surface area contributed by atoms with Gasteiger partial charge >= 0.3 is 0 Å². The molecule has 0 unspecified atom stereocenters. The number of anilines is 2. The van der Waals surface area contributed by atoms with Gasteiger partial charge in [0.25, 0.3) is 5.56 Å². The summed E-state index contributed by atoms with van der Waals surface area (Å²) in [6.45, 7) is 2.03. The summed E-state index contributed by atoms with van der Waals surface area (Å²) in [5, 5.41) is 2.73. The molecule has 3 N–H and O–H groups in total. The van der Waals surface area contributed by atoms with Crippen LogP contribution in [0.5, 0.6) is 0 Å². The van der Waals surface area contributed by atoms with Crippen LogP contribution in [0, 0.1) is 10.5 Å². The van der Waals surface area contributed by atoms with Crippen LogP contribution in [0.25, 0.3) is 0 Å². The van der Waals surface area contributed by atoms with Crippen LogP contribution in [0.1, 0.15) is 12.2 Å².